The molecule has 0 spiro atoms. The first-order chi connectivity index (χ1) is 10.2. The smallest absolute Gasteiger partial charge is 0.123 e. The Morgan fingerprint density at radius 2 is 1.82 bits per heavy atom. The second-order valence-corrected chi connectivity index (χ2v) is 5.34. The summed E-state index contributed by atoms with van der Waals surface area (Å²) in [7, 11) is 0. The van der Waals surface area contributed by atoms with E-state index in [2.05, 4.69) is 23.6 Å². The zero-order valence-corrected chi connectivity index (χ0v) is 13.4. The van der Waals surface area contributed by atoms with Crippen LogP contribution in [0.1, 0.15) is 16.8 Å². The quantitative estimate of drug-likeness (QED) is 0.772. The summed E-state index contributed by atoms with van der Waals surface area (Å²) in [6.45, 7) is 3.45. The fourth-order valence-electron chi connectivity index (χ4n) is 2.95. The van der Waals surface area contributed by atoms with E-state index in [9.17, 15) is 4.39 Å². The molecule has 0 saturated heterocycles. The number of fused-ring (bicyclic) bond motifs is 1. The van der Waals surface area contributed by atoms with E-state index >= 15 is 0 Å². The van der Waals surface area contributed by atoms with Crippen molar-refractivity contribution in [2.45, 2.75) is 19.9 Å². The molecule has 0 saturated carbocycles. The van der Waals surface area contributed by atoms with Crippen molar-refractivity contribution in [3.8, 4) is 0 Å². The molecule has 4 heteroatoms. The molecule has 22 heavy (non-hydrogen) atoms. The number of halogens is 2. The number of nitrogens with zero attached hydrogens (tertiary/aromatic N) is 1. The molecule has 0 radical (unpaired) electrons. The van der Waals surface area contributed by atoms with Crippen molar-refractivity contribution < 1.29 is 4.39 Å². The molecule has 116 valence electrons. The largest absolute Gasteiger partial charge is 0.340 e. The second kappa shape index (κ2) is 6.95. The zero-order chi connectivity index (χ0) is 14.8. The standard InChI is InChI=1S/C18H19FN2.ClH/c1-13-16(9-10-20)17-11-15(19)7-8-18(17)21(13)12-14-5-3-2-4-6-14;/h2-8,11H,9-10,12,20H2,1H3;1H. The van der Waals surface area contributed by atoms with Crippen molar-refractivity contribution >= 4 is 23.3 Å². The summed E-state index contributed by atoms with van der Waals surface area (Å²) in [5.74, 6) is -0.197. The lowest BCUT2D eigenvalue weighted by atomic mass is 10.1. The van der Waals surface area contributed by atoms with E-state index in [-0.39, 0.29) is 18.2 Å². The molecule has 2 nitrogen and oxygen atoms in total. The lowest BCUT2D eigenvalue weighted by Gasteiger charge is -2.09. The Hall–Kier alpha value is -1.84. The molecule has 2 aromatic carbocycles. The maximum Gasteiger partial charge on any atom is 0.123 e. The summed E-state index contributed by atoms with van der Waals surface area (Å²) in [4.78, 5) is 0. The third-order valence-corrected chi connectivity index (χ3v) is 3.99. The van der Waals surface area contributed by atoms with Gasteiger partial charge in [0.25, 0.3) is 0 Å². The fourth-order valence-corrected chi connectivity index (χ4v) is 2.95. The predicted molar refractivity (Wildman–Crippen MR) is 92.2 cm³/mol. The molecule has 0 atom stereocenters. The first-order valence-electron chi connectivity index (χ1n) is 7.22. The summed E-state index contributed by atoms with van der Waals surface area (Å²) < 4.78 is 15.8. The van der Waals surface area contributed by atoms with Crippen molar-refractivity contribution in [1.29, 1.82) is 0 Å². The van der Waals surface area contributed by atoms with E-state index in [0.717, 1.165) is 29.4 Å². The molecule has 2 N–H and O–H groups in total. The number of hydrogen-bond acceptors (Lipinski definition) is 1. The van der Waals surface area contributed by atoms with Crippen LogP contribution in [0.15, 0.2) is 48.5 Å². The highest BCUT2D eigenvalue weighted by molar-refractivity contribution is 5.86. The Morgan fingerprint density at radius 1 is 1.09 bits per heavy atom. The van der Waals surface area contributed by atoms with Crippen LogP contribution in [-0.4, -0.2) is 11.1 Å². The fraction of sp³-hybridized carbons (Fsp3) is 0.222. The molecule has 0 aliphatic carbocycles. The monoisotopic (exact) mass is 318 g/mol. The van der Waals surface area contributed by atoms with Crippen molar-refractivity contribution in [1.82, 2.24) is 4.57 Å². The summed E-state index contributed by atoms with van der Waals surface area (Å²) in [5, 5.41) is 0.980. The number of hydrogen-bond donors (Lipinski definition) is 1. The average Bonchev–Trinajstić information content (AvgIpc) is 2.74. The van der Waals surface area contributed by atoms with Gasteiger partial charge in [-0.15, -0.1) is 12.4 Å². The maximum absolute atomic E-state index is 13.6. The van der Waals surface area contributed by atoms with Gasteiger partial charge in [-0.05, 0) is 49.2 Å². The maximum atomic E-state index is 13.6. The van der Waals surface area contributed by atoms with E-state index in [1.165, 1.54) is 17.3 Å². The van der Waals surface area contributed by atoms with E-state index in [1.54, 1.807) is 6.07 Å². The second-order valence-electron chi connectivity index (χ2n) is 5.34. The SMILES string of the molecule is Cc1c(CCN)c2cc(F)ccc2n1Cc1ccccc1.Cl. The van der Waals surface area contributed by atoms with Gasteiger partial charge < -0.3 is 10.3 Å². The Balaban J connectivity index is 0.00000176. The minimum Gasteiger partial charge on any atom is -0.340 e. The summed E-state index contributed by atoms with van der Waals surface area (Å²) in [5.41, 5.74) is 10.4. The zero-order valence-electron chi connectivity index (χ0n) is 12.6. The number of rotatable bonds is 4. The topological polar surface area (TPSA) is 30.9 Å². The van der Waals surface area contributed by atoms with Gasteiger partial charge in [-0.2, -0.15) is 0 Å². The van der Waals surface area contributed by atoms with Gasteiger partial charge in [0.1, 0.15) is 5.82 Å². The van der Waals surface area contributed by atoms with Gasteiger partial charge in [-0.3, -0.25) is 0 Å². The van der Waals surface area contributed by atoms with Crippen LogP contribution in [0.2, 0.25) is 0 Å². The molecule has 0 bridgehead atoms. The van der Waals surface area contributed by atoms with Crippen LogP contribution in [0.25, 0.3) is 10.9 Å². The summed E-state index contributed by atoms with van der Waals surface area (Å²) in [6.07, 6.45) is 0.771. The van der Waals surface area contributed by atoms with Crippen molar-refractivity contribution in [2.24, 2.45) is 5.73 Å². The van der Waals surface area contributed by atoms with Gasteiger partial charge in [0.05, 0.1) is 0 Å². The Labute approximate surface area is 136 Å². The van der Waals surface area contributed by atoms with Crippen molar-refractivity contribution in [3.05, 3.63) is 71.2 Å². The molecular formula is C18H20ClFN2. The van der Waals surface area contributed by atoms with Crippen LogP contribution < -0.4 is 5.73 Å². The lowest BCUT2D eigenvalue weighted by molar-refractivity contribution is 0.629. The van der Waals surface area contributed by atoms with E-state index in [0.29, 0.717) is 6.54 Å². The Morgan fingerprint density at radius 3 is 2.50 bits per heavy atom. The highest BCUT2D eigenvalue weighted by Gasteiger charge is 2.14. The molecule has 3 aromatic rings. The minimum absolute atomic E-state index is 0. The summed E-state index contributed by atoms with van der Waals surface area (Å²) in [6, 6.07) is 15.3. The normalized spacial score (nSPS) is 10.7. The number of aromatic nitrogens is 1. The van der Waals surface area contributed by atoms with Gasteiger partial charge in [-0.25, -0.2) is 4.39 Å². The lowest BCUT2D eigenvalue weighted by Crippen LogP contribution is -2.05. The first kappa shape index (κ1) is 16.5. The first-order valence-corrected chi connectivity index (χ1v) is 7.22. The molecule has 3 rings (SSSR count). The van der Waals surface area contributed by atoms with Crippen LogP contribution in [0.3, 0.4) is 0 Å². The van der Waals surface area contributed by atoms with Crippen LogP contribution in [0.4, 0.5) is 4.39 Å². The number of benzene rings is 2. The van der Waals surface area contributed by atoms with Gasteiger partial charge in [0.2, 0.25) is 0 Å². The Kier molecular flexibility index (Phi) is 5.22. The molecule has 0 unspecified atom stereocenters. The highest BCUT2D eigenvalue weighted by atomic mass is 35.5. The molecule has 0 amide bonds. The van der Waals surface area contributed by atoms with Crippen molar-refractivity contribution in [3.63, 3.8) is 0 Å². The third kappa shape index (κ3) is 3.01. The van der Waals surface area contributed by atoms with Crippen LogP contribution >= 0.6 is 12.4 Å². The third-order valence-electron chi connectivity index (χ3n) is 3.99. The van der Waals surface area contributed by atoms with Crippen molar-refractivity contribution in [2.75, 3.05) is 6.54 Å². The molecule has 1 aromatic heterocycles. The molecule has 0 aliphatic heterocycles. The molecule has 0 fully saturated rings. The average molecular weight is 319 g/mol. The molecule has 0 aliphatic rings. The van der Waals surface area contributed by atoms with E-state index in [1.807, 2.05) is 24.3 Å². The van der Waals surface area contributed by atoms with Crippen LogP contribution in [0, 0.1) is 12.7 Å². The molecule has 1 heterocycles. The molecular weight excluding hydrogens is 299 g/mol. The highest BCUT2D eigenvalue weighted by Crippen LogP contribution is 2.28. The predicted octanol–water partition coefficient (Wildman–Crippen LogP) is 4.06. The van der Waals surface area contributed by atoms with Gasteiger partial charge in [-0.1, -0.05) is 30.3 Å². The van der Waals surface area contributed by atoms with Gasteiger partial charge in [0.15, 0.2) is 0 Å². The van der Waals surface area contributed by atoms with Gasteiger partial charge in [0, 0.05) is 23.1 Å². The van der Waals surface area contributed by atoms with Crippen LogP contribution in [0.5, 0.6) is 0 Å². The van der Waals surface area contributed by atoms with Crippen LogP contribution in [-0.2, 0) is 13.0 Å². The Bertz CT molecular complexity index is 766. The van der Waals surface area contributed by atoms with E-state index in [4.69, 9.17) is 5.73 Å². The number of nitrogens with two attached hydrogens (primary N) is 1. The van der Waals surface area contributed by atoms with Gasteiger partial charge >= 0.3 is 0 Å². The van der Waals surface area contributed by atoms with E-state index < -0.39 is 0 Å². The summed E-state index contributed by atoms with van der Waals surface area (Å²) >= 11 is 0. The minimum atomic E-state index is -0.197.